The van der Waals surface area contributed by atoms with Gasteiger partial charge >= 0.3 is 0 Å². The van der Waals surface area contributed by atoms with Gasteiger partial charge in [-0.1, -0.05) is 69.4 Å². The number of rotatable bonds is 8. The Bertz CT molecular complexity index is 332. The lowest BCUT2D eigenvalue weighted by Gasteiger charge is -2.22. The molecule has 0 saturated heterocycles. The predicted molar refractivity (Wildman–Crippen MR) is 78.9 cm³/mol. The van der Waals surface area contributed by atoms with E-state index in [4.69, 9.17) is 0 Å². The van der Waals surface area contributed by atoms with Gasteiger partial charge in [0.2, 0.25) is 0 Å². The monoisotopic (exact) mass is 248 g/mol. The number of unbranched alkanes of at least 4 members (excludes halogenated alkanes) is 1. The Labute approximate surface area is 112 Å². The van der Waals surface area contributed by atoms with Crippen molar-refractivity contribution >= 4 is 0 Å². The topological polar surface area (TPSA) is 20.2 Å². The highest BCUT2D eigenvalue weighted by Gasteiger charge is 2.16. The first-order chi connectivity index (χ1) is 8.71. The Kier molecular flexibility index (Phi) is 7.04. The van der Waals surface area contributed by atoms with Crippen molar-refractivity contribution in [1.82, 2.24) is 0 Å². The van der Waals surface area contributed by atoms with E-state index in [-0.39, 0.29) is 6.61 Å². The van der Waals surface area contributed by atoms with Gasteiger partial charge in [-0.3, -0.25) is 0 Å². The zero-order chi connectivity index (χ0) is 13.4. The summed E-state index contributed by atoms with van der Waals surface area (Å²) in [4.78, 5) is 0. The molecule has 2 unspecified atom stereocenters. The standard InChI is InChI=1S/C17H28O/c1-4-6-9-15(5-2)12-17(13-18)16-10-7-8-14(3)11-16/h7-8,10-11,15,17-18H,4-6,9,12-13H2,1-3H3. The number of hydrogen-bond donors (Lipinski definition) is 1. The van der Waals surface area contributed by atoms with Crippen LogP contribution >= 0.6 is 0 Å². The van der Waals surface area contributed by atoms with Crippen LogP contribution in [0.2, 0.25) is 0 Å². The molecule has 18 heavy (non-hydrogen) atoms. The Morgan fingerprint density at radius 1 is 1.22 bits per heavy atom. The maximum Gasteiger partial charge on any atom is 0.0499 e. The summed E-state index contributed by atoms with van der Waals surface area (Å²) in [5, 5.41) is 9.64. The van der Waals surface area contributed by atoms with Crippen LogP contribution in [0.1, 0.15) is 63.0 Å². The third kappa shape index (κ3) is 4.81. The third-order valence-electron chi connectivity index (χ3n) is 3.90. The second kappa shape index (κ2) is 8.31. The minimum Gasteiger partial charge on any atom is -0.396 e. The molecule has 1 N–H and O–H groups in total. The summed E-state index contributed by atoms with van der Waals surface area (Å²) in [5.74, 6) is 1.06. The van der Waals surface area contributed by atoms with Gasteiger partial charge < -0.3 is 5.11 Å². The van der Waals surface area contributed by atoms with E-state index in [1.165, 1.54) is 36.8 Å². The number of benzene rings is 1. The van der Waals surface area contributed by atoms with Crippen LogP contribution in [0.25, 0.3) is 0 Å². The average Bonchev–Trinajstić information content (AvgIpc) is 2.39. The van der Waals surface area contributed by atoms with Crippen molar-refractivity contribution in [2.75, 3.05) is 6.61 Å². The lowest BCUT2D eigenvalue weighted by molar-refractivity contribution is 0.237. The molecule has 1 aromatic carbocycles. The molecule has 0 fully saturated rings. The van der Waals surface area contributed by atoms with Crippen LogP contribution in [-0.2, 0) is 0 Å². The van der Waals surface area contributed by atoms with Gasteiger partial charge in [0.1, 0.15) is 0 Å². The Balaban J connectivity index is 2.65. The van der Waals surface area contributed by atoms with E-state index in [0.29, 0.717) is 5.92 Å². The fourth-order valence-corrected chi connectivity index (χ4v) is 2.62. The number of aliphatic hydroxyl groups excluding tert-OH is 1. The van der Waals surface area contributed by atoms with Crippen LogP contribution in [0, 0.1) is 12.8 Å². The highest BCUT2D eigenvalue weighted by Crippen LogP contribution is 2.28. The molecular weight excluding hydrogens is 220 g/mol. The van der Waals surface area contributed by atoms with Crippen LogP contribution in [0.5, 0.6) is 0 Å². The molecule has 0 aromatic heterocycles. The van der Waals surface area contributed by atoms with Gasteiger partial charge in [0.25, 0.3) is 0 Å². The highest BCUT2D eigenvalue weighted by atomic mass is 16.3. The summed E-state index contributed by atoms with van der Waals surface area (Å²) in [6, 6.07) is 8.58. The van der Waals surface area contributed by atoms with E-state index in [1.807, 2.05) is 0 Å². The first-order valence-electron chi connectivity index (χ1n) is 7.38. The smallest absolute Gasteiger partial charge is 0.0499 e. The van der Waals surface area contributed by atoms with Crippen LogP contribution in [-0.4, -0.2) is 11.7 Å². The molecule has 1 nitrogen and oxygen atoms in total. The predicted octanol–water partition coefficient (Wildman–Crippen LogP) is 4.68. The maximum atomic E-state index is 9.64. The van der Waals surface area contributed by atoms with Crippen LogP contribution < -0.4 is 0 Å². The van der Waals surface area contributed by atoms with Gasteiger partial charge in [0.05, 0.1) is 0 Å². The van der Waals surface area contributed by atoms with E-state index < -0.39 is 0 Å². The molecule has 0 radical (unpaired) electrons. The van der Waals surface area contributed by atoms with Gasteiger partial charge in [-0.25, -0.2) is 0 Å². The molecule has 1 aromatic rings. The zero-order valence-corrected chi connectivity index (χ0v) is 12.2. The Hall–Kier alpha value is -0.820. The van der Waals surface area contributed by atoms with E-state index in [0.717, 1.165) is 12.3 Å². The molecule has 0 saturated carbocycles. The number of aryl methyl sites for hydroxylation is 1. The minimum atomic E-state index is 0.270. The quantitative estimate of drug-likeness (QED) is 0.708. The van der Waals surface area contributed by atoms with Gasteiger partial charge in [-0.15, -0.1) is 0 Å². The van der Waals surface area contributed by atoms with Crippen molar-refractivity contribution in [2.24, 2.45) is 5.92 Å². The Morgan fingerprint density at radius 2 is 2.00 bits per heavy atom. The first-order valence-corrected chi connectivity index (χ1v) is 7.38. The lowest BCUT2D eigenvalue weighted by atomic mass is 9.85. The second-order valence-electron chi connectivity index (χ2n) is 5.45. The van der Waals surface area contributed by atoms with E-state index >= 15 is 0 Å². The second-order valence-corrected chi connectivity index (χ2v) is 5.45. The first kappa shape index (κ1) is 15.2. The van der Waals surface area contributed by atoms with Crippen LogP contribution in [0.15, 0.2) is 24.3 Å². The molecule has 0 spiro atoms. The van der Waals surface area contributed by atoms with Crippen molar-refractivity contribution in [3.63, 3.8) is 0 Å². The average molecular weight is 248 g/mol. The van der Waals surface area contributed by atoms with Crippen molar-refractivity contribution in [2.45, 2.75) is 58.8 Å². The van der Waals surface area contributed by atoms with Gasteiger partial charge in [0, 0.05) is 12.5 Å². The zero-order valence-electron chi connectivity index (χ0n) is 12.2. The third-order valence-corrected chi connectivity index (χ3v) is 3.90. The molecule has 1 rings (SSSR count). The van der Waals surface area contributed by atoms with Crippen molar-refractivity contribution in [3.05, 3.63) is 35.4 Å². The Morgan fingerprint density at radius 3 is 2.56 bits per heavy atom. The maximum absolute atomic E-state index is 9.64. The summed E-state index contributed by atoms with van der Waals surface area (Å²) in [7, 11) is 0. The summed E-state index contributed by atoms with van der Waals surface area (Å²) in [6.45, 7) is 6.90. The van der Waals surface area contributed by atoms with Gasteiger partial charge in [0.15, 0.2) is 0 Å². The molecule has 2 atom stereocenters. The fourth-order valence-electron chi connectivity index (χ4n) is 2.62. The summed E-state index contributed by atoms with van der Waals surface area (Å²) < 4.78 is 0. The molecule has 0 aliphatic heterocycles. The van der Waals surface area contributed by atoms with Crippen molar-refractivity contribution in [3.8, 4) is 0 Å². The molecular formula is C17H28O. The number of hydrogen-bond acceptors (Lipinski definition) is 1. The van der Waals surface area contributed by atoms with Crippen LogP contribution in [0.4, 0.5) is 0 Å². The lowest BCUT2D eigenvalue weighted by Crippen LogP contribution is -2.11. The molecule has 0 aliphatic rings. The summed E-state index contributed by atoms with van der Waals surface area (Å²) >= 11 is 0. The van der Waals surface area contributed by atoms with Crippen LogP contribution in [0.3, 0.4) is 0 Å². The van der Waals surface area contributed by atoms with Crippen molar-refractivity contribution < 1.29 is 5.11 Å². The molecule has 0 amide bonds. The van der Waals surface area contributed by atoms with Crippen molar-refractivity contribution in [1.29, 1.82) is 0 Å². The minimum absolute atomic E-state index is 0.270. The SMILES string of the molecule is CCCCC(CC)CC(CO)c1cccc(C)c1. The number of aliphatic hydroxyl groups is 1. The molecule has 102 valence electrons. The van der Waals surface area contributed by atoms with E-state index in [2.05, 4.69) is 45.0 Å². The van der Waals surface area contributed by atoms with E-state index in [9.17, 15) is 5.11 Å². The highest BCUT2D eigenvalue weighted by molar-refractivity contribution is 5.25. The summed E-state index contributed by atoms with van der Waals surface area (Å²) in [6.07, 6.45) is 6.23. The molecule has 0 aliphatic carbocycles. The molecule has 0 bridgehead atoms. The molecule has 1 heteroatoms. The molecule has 0 heterocycles. The normalized spacial score (nSPS) is 14.4. The summed E-state index contributed by atoms with van der Waals surface area (Å²) in [5.41, 5.74) is 2.58. The van der Waals surface area contributed by atoms with Gasteiger partial charge in [-0.05, 0) is 24.8 Å². The fraction of sp³-hybridized carbons (Fsp3) is 0.647. The van der Waals surface area contributed by atoms with Gasteiger partial charge in [-0.2, -0.15) is 0 Å². The van der Waals surface area contributed by atoms with E-state index in [1.54, 1.807) is 0 Å². The largest absolute Gasteiger partial charge is 0.396 e.